The number of amides is 3. The molecule has 13 heteroatoms. The smallest absolute Gasteiger partial charge is 0.410 e. The molecule has 0 bridgehead atoms. The minimum absolute atomic E-state index is 0.00620. The van der Waals surface area contributed by atoms with Crippen LogP contribution < -0.4 is 5.32 Å². The molecule has 0 unspecified atom stereocenters. The zero-order chi connectivity index (χ0) is 43.1. The number of carbonyl (C=O) groups excluding carboxylic acids is 4. The van der Waals surface area contributed by atoms with Crippen LogP contribution in [0.4, 0.5) is 4.79 Å². The van der Waals surface area contributed by atoms with Gasteiger partial charge in [-0.1, -0.05) is 96.5 Å². The number of carboxylic acids is 1. The van der Waals surface area contributed by atoms with E-state index < -0.39 is 59.7 Å². The predicted molar refractivity (Wildman–Crippen MR) is 222 cm³/mol. The maximum Gasteiger partial charge on any atom is 0.410 e. The molecule has 2 aromatic rings. The third-order valence-electron chi connectivity index (χ3n) is 12.8. The van der Waals surface area contributed by atoms with Gasteiger partial charge in [0.05, 0.1) is 24.2 Å². The number of imide groups is 1. The maximum absolute atomic E-state index is 14.7. The van der Waals surface area contributed by atoms with Crippen molar-refractivity contribution in [1.82, 2.24) is 20.0 Å². The predicted octanol–water partition coefficient (Wildman–Crippen LogP) is 6.04. The molecule has 1 saturated heterocycles. The van der Waals surface area contributed by atoms with E-state index in [-0.39, 0.29) is 42.7 Å². The first kappa shape index (κ1) is 46.5. The number of benzene rings is 2. The number of aliphatic carboxylic acids is 1. The van der Waals surface area contributed by atoms with Crippen molar-refractivity contribution >= 4 is 30.2 Å². The van der Waals surface area contributed by atoms with Crippen molar-refractivity contribution < 1.29 is 43.3 Å². The summed E-state index contributed by atoms with van der Waals surface area (Å²) in [6.07, 6.45) is 0.686. The van der Waals surface area contributed by atoms with Crippen molar-refractivity contribution in [3.8, 4) is 11.1 Å². The highest BCUT2D eigenvalue weighted by Gasteiger charge is 2.58. The Labute approximate surface area is 344 Å². The molecule has 2 aromatic carbocycles. The number of methoxy groups -OCH3 is 2. The zero-order valence-corrected chi connectivity index (χ0v) is 36.3. The van der Waals surface area contributed by atoms with Crippen LogP contribution >= 0.6 is 0 Å². The van der Waals surface area contributed by atoms with Gasteiger partial charge in [-0.2, -0.15) is 0 Å². The van der Waals surface area contributed by atoms with Crippen LogP contribution in [0.2, 0.25) is 0 Å². The molecule has 8 atom stereocenters. The molecule has 320 valence electrons. The Kier molecular flexibility index (Phi) is 16.2. The third-order valence-corrected chi connectivity index (χ3v) is 12.8. The second-order valence-corrected chi connectivity index (χ2v) is 16.7. The molecule has 1 fully saturated rings. The summed E-state index contributed by atoms with van der Waals surface area (Å²) in [7, 11) is 6.37. The van der Waals surface area contributed by atoms with Crippen molar-refractivity contribution in [3.05, 3.63) is 59.7 Å². The van der Waals surface area contributed by atoms with E-state index in [0.717, 1.165) is 35.0 Å². The molecule has 1 aliphatic heterocycles. The van der Waals surface area contributed by atoms with Gasteiger partial charge in [-0.15, -0.1) is 0 Å². The van der Waals surface area contributed by atoms with Crippen molar-refractivity contribution in [2.24, 2.45) is 23.7 Å². The highest BCUT2D eigenvalue weighted by Crippen LogP contribution is 2.46. The minimum Gasteiger partial charge on any atom is -0.481 e. The summed E-state index contributed by atoms with van der Waals surface area (Å²) in [5.74, 6) is -4.15. The number of hydrogen-bond donors (Lipinski definition) is 2. The molecule has 4 rings (SSSR count). The summed E-state index contributed by atoms with van der Waals surface area (Å²) in [6, 6.07) is 13.8. The van der Waals surface area contributed by atoms with E-state index in [1.807, 2.05) is 89.9 Å². The SMILES string of the molecule is CC[C@H](C)[C@]([C@@H](CC=O)OC)(N(C)[C@H](C(=O)NC(=O)[C@H](C(C)C)N(C)C(=O)OCC1c2ccccc2-c2ccccc21)C(C)C)N1CCC[C@H]1[C@H](OC)[C@@H](C)C(=O)O. The van der Waals surface area contributed by atoms with Crippen molar-refractivity contribution in [3.63, 3.8) is 0 Å². The number of likely N-dealkylation sites (tertiary alicyclic amines) is 1. The molecular formula is C45H66N4O9. The fourth-order valence-corrected chi connectivity index (χ4v) is 9.96. The first-order valence-corrected chi connectivity index (χ1v) is 20.7. The lowest BCUT2D eigenvalue weighted by atomic mass is 9.79. The third kappa shape index (κ3) is 9.02. The van der Waals surface area contributed by atoms with E-state index in [9.17, 15) is 29.1 Å². The number of carbonyl (C=O) groups is 5. The molecular weight excluding hydrogens is 741 g/mol. The highest BCUT2D eigenvalue weighted by molar-refractivity contribution is 6.01. The van der Waals surface area contributed by atoms with Gasteiger partial charge in [0.2, 0.25) is 11.8 Å². The summed E-state index contributed by atoms with van der Waals surface area (Å²) in [4.78, 5) is 72.6. The van der Waals surface area contributed by atoms with E-state index in [1.165, 1.54) is 26.2 Å². The fraction of sp³-hybridized carbons (Fsp3) is 0.622. The lowest BCUT2D eigenvalue weighted by molar-refractivity contribution is -0.204. The normalized spacial score (nSPS) is 19.7. The lowest BCUT2D eigenvalue weighted by Gasteiger charge is -2.59. The first-order valence-electron chi connectivity index (χ1n) is 20.7. The topological polar surface area (TPSA) is 155 Å². The van der Waals surface area contributed by atoms with Gasteiger partial charge in [0.15, 0.2) is 0 Å². The average molecular weight is 807 g/mol. The summed E-state index contributed by atoms with van der Waals surface area (Å²) >= 11 is 0. The molecule has 2 N–H and O–H groups in total. The number of ether oxygens (including phenoxy) is 3. The molecule has 58 heavy (non-hydrogen) atoms. The second kappa shape index (κ2) is 20.2. The summed E-state index contributed by atoms with van der Waals surface area (Å²) < 4.78 is 18.0. The Morgan fingerprint density at radius 2 is 1.45 bits per heavy atom. The van der Waals surface area contributed by atoms with E-state index in [1.54, 1.807) is 6.92 Å². The van der Waals surface area contributed by atoms with Crippen LogP contribution in [0.3, 0.4) is 0 Å². The van der Waals surface area contributed by atoms with E-state index in [4.69, 9.17) is 14.2 Å². The Hall–Kier alpha value is -4.17. The number of hydrogen-bond acceptors (Lipinski definition) is 10. The molecule has 0 aromatic heterocycles. The number of nitrogens with one attached hydrogen (secondary N) is 1. The van der Waals surface area contributed by atoms with Gasteiger partial charge in [-0.25, -0.2) is 4.79 Å². The van der Waals surface area contributed by atoms with E-state index in [0.29, 0.717) is 19.4 Å². The molecule has 2 aliphatic rings. The molecule has 0 spiro atoms. The summed E-state index contributed by atoms with van der Waals surface area (Å²) in [5, 5.41) is 12.7. The Morgan fingerprint density at radius 1 is 0.897 bits per heavy atom. The van der Waals surface area contributed by atoms with E-state index >= 15 is 0 Å². The number of aldehydes is 1. The molecule has 1 aliphatic carbocycles. The van der Waals surface area contributed by atoms with Gasteiger partial charge in [0.25, 0.3) is 0 Å². The first-order chi connectivity index (χ1) is 27.5. The Balaban J connectivity index is 1.64. The monoisotopic (exact) mass is 806 g/mol. The van der Waals surface area contributed by atoms with Crippen LogP contribution in [0.5, 0.6) is 0 Å². The van der Waals surface area contributed by atoms with Crippen LogP contribution in [-0.4, -0.2) is 127 Å². The second-order valence-electron chi connectivity index (χ2n) is 16.7. The molecule has 0 saturated carbocycles. The van der Waals surface area contributed by atoms with Gasteiger partial charge < -0.3 is 24.1 Å². The summed E-state index contributed by atoms with van der Waals surface area (Å²) in [6.45, 7) is 13.7. The van der Waals surface area contributed by atoms with Gasteiger partial charge in [0.1, 0.15) is 24.6 Å². The maximum atomic E-state index is 14.7. The molecule has 3 amide bonds. The standard InChI is InChI=1S/C45H66N4O9/c1-12-29(6)45(37(56-10)23-25-50,49-24-17-22-36(49)40(57-11)30(7)43(53)54)48(9)39(28(4)5)42(52)46-41(51)38(27(2)3)47(8)44(55)58-26-35-33-20-15-13-18-31(33)32-19-14-16-21-34(32)35/h13-16,18-21,25,27-30,35-40H,12,17,22-24,26H2,1-11H3,(H,53,54)(H,46,51,52)/t29-,30+,36-,37+,38-,39-,40+,45-/m0/s1. The zero-order valence-electron chi connectivity index (χ0n) is 36.3. The highest BCUT2D eigenvalue weighted by atomic mass is 16.6. The fourth-order valence-electron chi connectivity index (χ4n) is 9.96. The number of fused-ring (bicyclic) bond motifs is 3. The van der Waals surface area contributed by atoms with Crippen LogP contribution in [-0.2, 0) is 33.4 Å². The quantitative estimate of drug-likeness (QED) is 0.151. The van der Waals surface area contributed by atoms with Gasteiger partial charge >= 0.3 is 12.1 Å². The van der Waals surface area contributed by atoms with Crippen LogP contribution in [0.1, 0.15) is 91.2 Å². The lowest BCUT2D eigenvalue weighted by Crippen LogP contribution is -2.75. The Bertz CT molecular complexity index is 1710. The van der Waals surface area contributed by atoms with Gasteiger partial charge in [-0.05, 0) is 66.8 Å². The number of carboxylic acid groups (broad SMARTS) is 1. The number of rotatable bonds is 20. The van der Waals surface area contributed by atoms with Crippen molar-refractivity contribution in [2.45, 2.75) is 116 Å². The van der Waals surface area contributed by atoms with E-state index in [2.05, 4.69) is 22.3 Å². The summed E-state index contributed by atoms with van der Waals surface area (Å²) in [5.41, 5.74) is 3.22. The van der Waals surface area contributed by atoms with Gasteiger partial charge in [0, 0.05) is 46.2 Å². The Morgan fingerprint density at radius 3 is 1.93 bits per heavy atom. The van der Waals surface area contributed by atoms with Crippen LogP contribution in [0, 0.1) is 23.7 Å². The minimum atomic E-state index is -1.12. The van der Waals surface area contributed by atoms with Gasteiger partial charge in [-0.3, -0.25) is 34.4 Å². The molecule has 13 nitrogen and oxygen atoms in total. The van der Waals surface area contributed by atoms with Crippen molar-refractivity contribution in [2.75, 3.05) is 41.5 Å². The molecule has 1 heterocycles. The molecule has 0 radical (unpaired) electrons. The van der Waals surface area contributed by atoms with Crippen molar-refractivity contribution in [1.29, 1.82) is 0 Å². The number of nitrogens with zero attached hydrogens (tertiary/aromatic N) is 3. The average Bonchev–Trinajstić information content (AvgIpc) is 3.79. The van der Waals surface area contributed by atoms with Crippen LogP contribution in [0.15, 0.2) is 48.5 Å². The van der Waals surface area contributed by atoms with Crippen LogP contribution in [0.25, 0.3) is 11.1 Å². The largest absolute Gasteiger partial charge is 0.481 e. The number of likely N-dealkylation sites (N-methyl/N-ethyl adjacent to an activating group) is 2.